The van der Waals surface area contributed by atoms with Crippen molar-refractivity contribution in [3.8, 4) is 0 Å². The second-order valence-corrected chi connectivity index (χ2v) is 5.43. The maximum atomic E-state index is 11.1. The molecule has 1 heterocycles. The molecule has 1 amide bonds. The number of nitro benzene ring substituents is 1. The molecular weight excluding hydrogens is 292 g/mol. The molecule has 21 heavy (non-hydrogen) atoms. The summed E-state index contributed by atoms with van der Waals surface area (Å²) in [6, 6.07) is 4.14. The number of nitrogens with one attached hydrogen (secondary N) is 1. The summed E-state index contributed by atoms with van der Waals surface area (Å²) in [5, 5.41) is 16.9. The molecule has 0 aliphatic rings. The van der Waals surface area contributed by atoms with E-state index in [1.165, 1.54) is 29.5 Å². The zero-order valence-corrected chi connectivity index (χ0v) is 12.1. The van der Waals surface area contributed by atoms with E-state index < -0.39 is 10.8 Å². The Morgan fingerprint density at radius 2 is 2.33 bits per heavy atom. The van der Waals surface area contributed by atoms with Crippen LogP contribution >= 0.6 is 11.3 Å². The quantitative estimate of drug-likeness (QED) is 0.628. The molecule has 0 aliphatic heterocycles. The lowest BCUT2D eigenvalue weighted by Crippen LogP contribution is -2.13. The van der Waals surface area contributed by atoms with Crippen molar-refractivity contribution in [2.75, 3.05) is 11.9 Å². The number of nitrogens with zero attached hydrogens (tertiary/aromatic N) is 2. The average molecular weight is 306 g/mol. The number of thiazole rings is 1. The fourth-order valence-corrected chi connectivity index (χ4v) is 2.51. The summed E-state index contributed by atoms with van der Waals surface area (Å²) in [7, 11) is 0. The SMILES string of the molecule is CC(CNc1ccc(C(N)=O)cc1[N+](=O)[O-])c1nccs1. The van der Waals surface area contributed by atoms with E-state index in [0.29, 0.717) is 12.2 Å². The monoisotopic (exact) mass is 306 g/mol. The third-order valence-electron chi connectivity index (χ3n) is 2.95. The van der Waals surface area contributed by atoms with Crippen molar-refractivity contribution in [1.82, 2.24) is 4.98 Å². The van der Waals surface area contributed by atoms with Crippen LogP contribution in [-0.2, 0) is 0 Å². The van der Waals surface area contributed by atoms with Crippen LogP contribution in [0, 0.1) is 10.1 Å². The van der Waals surface area contributed by atoms with E-state index >= 15 is 0 Å². The van der Waals surface area contributed by atoms with Gasteiger partial charge in [0.1, 0.15) is 5.69 Å². The Kier molecular flexibility index (Phi) is 4.49. The highest BCUT2D eigenvalue weighted by Crippen LogP contribution is 2.27. The highest BCUT2D eigenvalue weighted by Gasteiger charge is 2.17. The number of carbonyl (C=O) groups is 1. The molecule has 1 atom stereocenters. The summed E-state index contributed by atoms with van der Waals surface area (Å²) in [6.45, 7) is 2.49. The number of benzene rings is 1. The molecule has 0 saturated heterocycles. The first kappa shape index (κ1) is 14.9. The van der Waals surface area contributed by atoms with E-state index in [2.05, 4.69) is 10.3 Å². The fourth-order valence-electron chi connectivity index (χ4n) is 1.81. The van der Waals surface area contributed by atoms with E-state index in [1.54, 1.807) is 6.20 Å². The van der Waals surface area contributed by atoms with Crippen LogP contribution in [0.15, 0.2) is 29.8 Å². The van der Waals surface area contributed by atoms with Crippen molar-refractivity contribution in [3.05, 3.63) is 50.5 Å². The van der Waals surface area contributed by atoms with E-state index in [9.17, 15) is 14.9 Å². The molecule has 1 aromatic heterocycles. The van der Waals surface area contributed by atoms with E-state index in [1.807, 2.05) is 12.3 Å². The predicted octanol–water partition coefficient (Wildman–Crippen LogP) is 2.37. The summed E-state index contributed by atoms with van der Waals surface area (Å²) < 4.78 is 0. The molecule has 8 heteroatoms. The first-order valence-corrected chi connectivity index (χ1v) is 7.08. The zero-order valence-electron chi connectivity index (χ0n) is 11.3. The first-order valence-electron chi connectivity index (χ1n) is 6.20. The molecule has 0 fully saturated rings. The predicted molar refractivity (Wildman–Crippen MR) is 80.6 cm³/mol. The number of amides is 1. The van der Waals surface area contributed by atoms with E-state index in [-0.39, 0.29) is 17.2 Å². The van der Waals surface area contributed by atoms with Crippen LogP contribution in [0.3, 0.4) is 0 Å². The van der Waals surface area contributed by atoms with Crippen molar-refractivity contribution >= 4 is 28.6 Å². The molecule has 0 bridgehead atoms. The molecule has 0 aliphatic carbocycles. The topological polar surface area (TPSA) is 111 Å². The maximum Gasteiger partial charge on any atom is 0.293 e. The van der Waals surface area contributed by atoms with Gasteiger partial charge in [-0.15, -0.1) is 11.3 Å². The van der Waals surface area contributed by atoms with Crippen LogP contribution in [0.1, 0.15) is 28.2 Å². The summed E-state index contributed by atoms with van der Waals surface area (Å²) in [5.41, 5.74) is 5.43. The van der Waals surface area contributed by atoms with Crippen molar-refractivity contribution in [2.45, 2.75) is 12.8 Å². The number of aromatic nitrogens is 1. The van der Waals surface area contributed by atoms with Crippen LogP contribution in [-0.4, -0.2) is 22.4 Å². The molecule has 0 spiro atoms. The molecule has 2 rings (SSSR count). The lowest BCUT2D eigenvalue weighted by molar-refractivity contribution is -0.384. The first-order chi connectivity index (χ1) is 9.99. The average Bonchev–Trinajstić information content (AvgIpc) is 2.98. The molecule has 2 aromatic rings. The van der Waals surface area contributed by atoms with Gasteiger partial charge in [0.2, 0.25) is 5.91 Å². The lowest BCUT2D eigenvalue weighted by atomic mass is 10.1. The van der Waals surface area contributed by atoms with E-state index in [4.69, 9.17) is 5.73 Å². The standard InChI is InChI=1S/C13H14N4O3S/c1-8(13-15-4-5-21-13)7-16-10-3-2-9(12(14)18)6-11(10)17(19)20/h2-6,8,16H,7H2,1H3,(H2,14,18). The van der Waals surface area contributed by atoms with Crippen molar-refractivity contribution in [2.24, 2.45) is 5.73 Å². The highest BCUT2D eigenvalue weighted by molar-refractivity contribution is 7.09. The largest absolute Gasteiger partial charge is 0.379 e. The molecule has 1 aromatic carbocycles. The minimum Gasteiger partial charge on any atom is -0.379 e. The van der Waals surface area contributed by atoms with Crippen LogP contribution in [0.25, 0.3) is 0 Å². The summed E-state index contributed by atoms with van der Waals surface area (Å²) >= 11 is 1.54. The maximum absolute atomic E-state index is 11.1. The lowest BCUT2D eigenvalue weighted by Gasteiger charge is -2.11. The Hall–Kier alpha value is -2.48. The second kappa shape index (κ2) is 6.31. The van der Waals surface area contributed by atoms with Crippen molar-refractivity contribution < 1.29 is 9.72 Å². The molecule has 7 nitrogen and oxygen atoms in total. The third kappa shape index (κ3) is 3.54. The van der Waals surface area contributed by atoms with Crippen LogP contribution < -0.4 is 11.1 Å². The number of anilines is 1. The number of hydrogen-bond acceptors (Lipinski definition) is 6. The van der Waals surface area contributed by atoms with Gasteiger partial charge >= 0.3 is 0 Å². The molecule has 0 saturated carbocycles. The van der Waals surface area contributed by atoms with Crippen LogP contribution in [0.5, 0.6) is 0 Å². The van der Waals surface area contributed by atoms with Gasteiger partial charge in [-0.1, -0.05) is 6.92 Å². The van der Waals surface area contributed by atoms with Crippen LogP contribution in [0.4, 0.5) is 11.4 Å². The second-order valence-electron chi connectivity index (χ2n) is 4.51. The number of hydrogen-bond donors (Lipinski definition) is 2. The van der Waals surface area contributed by atoms with Crippen molar-refractivity contribution in [1.29, 1.82) is 0 Å². The minimum absolute atomic E-state index is 0.111. The normalized spacial score (nSPS) is 11.9. The Morgan fingerprint density at radius 1 is 1.57 bits per heavy atom. The fraction of sp³-hybridized carbons (Fsp3) is 0.231. The molecular formula is C13H14N4O3S. The minimum atomic E-state index is -0.694. The van der Waals surface area contributed by atoms with Gasteiger partial charge in [0, 0.05) is 35.7 Å². The van der Waals surface area contributed by atoms with Gasteiger partial charge in [-0.05, 0) is 12.1 Å². The Bertz CT molecular complexity index is 657. The number of nitro groups is 1. The number of primary amides is 1. The summed E-state index contributed by atoms with van der Waals surface area (Å²) in [5.74, 6) is -0.568. The van der Waals surface area contributed by atoms with Gasteiger partial charge in [0.05, 0.1) is 9.93 Å². The van der Waals surface area contributed by atoms with Gasteiger partial charge in [-0.3, -0.25) is 14.9 Å². The van der Waals surface area contributed by atoms with Gasteiger partial charge in [0.25, 0.3) is 5.69 Å². The summed E-state index contributed by atoms with van der Waals surface area (Å²) in [4.78, 5) is 25.8. The van der Waals surface area contributed by atoms with Crippen molar-refractivity contribution in [3.63, 3.8) is 0 Å². The van der Waals surface area contributed by atoms with Gasteiger partial charge in [-0.2, -0.15) is 0 Å². The number of nitrogens with two attached hydrogens (primary N) is 1. The smallest absolute Gasteiger partial charge is 0.293 e. The number of rotatable bonds is 6. The third-order valence-corrected chi connectivity index (χ3v) is 3.96. The highest BCUT2D eigenvalue weighted by atomic mass is 32.1. The molecule has 110 valence electrons. The van der Waals surface area contributed by atoms with E-state index in [0.717, 1.165) is 5.01 Å². The number of carbonyl (C=O) groups excluding carboxylic acids is 1. The Morgan fingerprint density at radius 3 is 2.90 bits per heavy atom. The van der Waals surface area contributed by atoms with Gasteiger partial charge in [-0.25, -0.2) is 4.98 Å². The van der Waals surface area contributed by atoms with Gasteiger partial charge < -0.3 is 11.1 Å². The van der Waals surface area contributed by atoms with Gasteiger partial charge in [0.15, 0.2) is 0 Å². The molecule has 1 unspecified atom stereocenters. The summed E-state index contributed by atoms with van der Waals surface area (Å²) in [6.07, 6.45) is 1.72. The zero-order chi connectivity index (χ0) is 15.4. The van der Waals surface area contributed by atoms with Crippen LogP contribution in [0.2, 0.25) is 0 Å². The molecule has 0 radical (unpaired) electrons. The Balaban J connectivity index is 2.16. The Labute approximate surface area is 125 Å². The molecule has 3 N–H and O–H groups in total.